The minimum absolute atomic E-state index is 0.0844. The highest BCUT2D eigenvalue weighted by Crippen LogP contribution is 2.29. The number of aromatic nitrogens is 2. The Morgan fingerprint density at radius 1 is 1.24 bits per heavy atom. The van der Waals surface area contributed by atoms with Crippen molar-refractivity contribution in [3.05, 3.63) is 64.7 Å². The van der Waals surface area contributed by atoms with Gasteiger partial charge in [-0.15, -0.1) is 0 Å². The molecule has 0 aliphatic rings. The molecule has 3 aromatic rings. The second-order valence-electron chi connectivity index (χ2n) is 8.55. The number of fused-ring (bicyclic) bond motifs is 1. The molecular formula is C26H28FN3O4. The van der Waals surface area contributed by atoms with Gasteiger partial charge in [0.15, 0.2) is 5.78 Å². The Hall–Kier alpha value is -3.57. The number of carbonyl (C=O) groups excluding carboxylic acids is 1. The lowest BCUT2D eigenvalue weighted by molar-refractivity contribution is -0.137. The maximum atomic E-state index is 13.2. The number of rotatable bonds is 12. The first kappa shape index (κ1) is 25.1. The highest BCUT2D eigenvalue weighted by atomic mass is 19.1. The number of carboxylic acids is 1. The van der Waals surface area contributed by atoms with E-state index in [1.807, 2.05) is 11.6 Å². The number of hydrogen-bond donors (Lipinski definition) is 1. The number of nitrogens with zero attached hydrogens (tertiary/aromatic N) is 3. The summed E-state index contributed by atoms with van der Waals surface area (Å²) in [5.74, 6) is -1.66. The third-order valence-electron chi connectivity index (χ3n) is 5.75. The lowest BCUT2D eigenvalue weighted by Crippen LogP contribution is -2.12. The van der Waals surface area contributed by atoms with Gasteiger partial charge in [-0.3, -0.25) is 9.59 Å². The minimum Gasteiger partial charge on any atom is -0.481 e. The molecule has 0 aliphatic carbocycles. The molecule has 0 saturated carbocycles. The molecule has 0 saturated heterocycles. The van der Waals surface area contributed by atoms with Gasteiger partial charge in [0.05, 0.1) is 12.2 Å². The van der Waals surface area contributed by atoms with E-state index in [2.05, 4.69) is 11.1 Å². The predicted molar refractivity (Wildman–Crippen MR) is 125 cm³/mol. The fraction of sp³-hybridized carbons (Fsp3) is 0.385. The van der Waals surface area contributed by atoms with E-state index in [-0.39, 0.29) is 30.4 Å². The summed E-state index contributed by atoms with van der Waals surface area (Å²) < 4.78 is 20.6. The van der Waals surface area contributed by atoms with Gasteiger partial charge in [0.2, 0.25) is 0 Å². The number of nitriles is 1. The zero-order valence-electron chi connectivity index (χ0n) is 19.4. The average Bonchev–Trinajstić information content (AvgIpc) is 3.07. The lowest BCUT2D eigenvalue weighted by Gasteiger charge is -2.11. The van der Waals surface area contributed by atoms with Crippen LogP contribution >= 0.6 is 0 Å². The van der Waals surface area contributed by atoms with E-state index in [0.717, 1.165) is 24.1 Å². The second kappa shape index (κ2) is 11.5. The van der Waals surface area contributed by atoms with Crippen molar-refractivity contribution in [2.24, 2.45) is 13.0 Å². The van der Waals surface area contributed by atoms with Crippen molar-refractivity contribution in [2.45, 2.75) is 45.6 Å². The first-order valence-electron chi connectivity index (χ1n) is 11.2. The minimum atomic E-state index is -0.937. The van der Waals surface area contributed by atoms with Gasteiger partial charge >= 0.3 is 5.97 Å². The maximum absolute atomic E-state index is 13.2. The van der Waals surface area contributed by atoms with Gasteiger partial charge in [0.1, 0.15) is 17.5 Å². The fourth-order valence-corrected chi connectivity index (χ4v) is 4.08. The Labute approximate surface area is 197 Å². The normalized spacial score (nSPS) is 11.9. The first-order valence-corrected chi connectivity index (χ1v) is 11.2. The predicted octanol–water partition coefficient (Wildman–Crippen LogP) is 4.81. The van der Waals surface area contributed by atoms with Gasteiger partial charge in [-0.25, -0.2) is 9.37 Å². The number of ether oxygens (including phenoxy) is 1. The monoisotopic (exact) mass is 465 g/mol. The molecule has 0 spiro atoms. The number of Topliss-reactive ketones (excluding diaryl/α,β-unsaturated/α-hetero) is 1. The summed E-state index contributed by atoms with van der Waals surface area (Å²) in [4.78, 5) is 28.7. The molecule has 0 fully saturated rings. The number of aliphatic carboxylic acids is 1. The Morgan fingerprint density at radius 2 is 1.97 bits per heavy atom. The quantitative estimate of drug-likeness (QED) is 0.304. The molecule has 3 rings (SSSR count). The van der Waals surface area contributed by atoms with Crippen molar-refractivity contribution in [3.8, 4) is 6.07 Å². The molecule has 1 N–H and O–H groups in total. The fourth-order valence-electron chi connectivity index (χ4n) is 4.08. The van der Waals surface area contributed by atoms with Crippen LogP contribution in [0.2, 0.25) is 0 Å². The highest BCUT2D eigenvalue weighted by Gasteiger charge is 2.24. The van der Waals surface area contributed by atoms with E-state index >= 15 is 0 Å². The third-order valence-corrected chi connectivity index (χ3v) is 5.75. The summed E-state index contributed by atoms with van der Waals surface area (Å²) in [7, 11) is 1.85. The van der Waals surface area contributed by atoms with Gasteiger partial charge < -0.3 is 14.4 Å². The van der Waals surface area contributed by atoms with Crippen LogP contribution in [-0.4, -0.2) is 33.0 Å². The van der Waals surface area contributed by atoms with Gasteiger partial charge in [-0.2, -0.15) is 5.26 Å². The van der Waals surface area contributed by atoms with Crippen molar-refractivity contribution in [3.63, 3.8) is 0 Å². The Balaban J connectivity index is 1.71. The lowest BCUT2D eigenvalue weighted by atomic mass is 9.94. The van der Waals surface area contributed by atoms with E-state index in [4.69, 9.17) is 9.84 Å². The van der Waals surface area contributed by atoms with Crippen LogP contribution < -0.4 is 0 Å². The molecule has 178 valence electrons. The summed E-state index contributed by atoms with van der Waals surface area (Å²) >= 11 is 0. The molecule has 0 aliphatic heterocycles. The SMILES string of the molecule is C[C@@H](CC(=O)O)CC(=O)c1c(CCCCOCc2ccc(F)cc2)n(C)c2ncc(C#N)cc12. The van der Waals surface area contributed by atoms with Gasteiger partial charge in [0, 0.05) is 49.3 Å². The molecule has 0 amide bonds. The number of ketones is 1. The van der Waals surface area contributed by atoms with Crippen LogP contribution in [-0.2, 0) is 29.6 Å². The molecule has 0 bridgehead atoms. The molecule has 2 heterocycles. The first-order chi connectivity index (χ1) is 16.3. The van der Waals surface area contributed by atoms with Crippen molar-refractivity contribution in [1.29, 1.82) is 5.26 Å². The topological polar surface area (TPSA) is 105 Å². The van der Waals surface area contributed by atoms with Crippen molar-refractivity contribution >= 4 is 22.8 Å². The van der Waals surface area contributed by atoms with E-state index in [9.17, 15) is 19.2 Å². The number of carbonyl (C=O) groups is 2. The van der Waals surface area contributed by atoms with Crippen LogP contribution in [0.1, 0.15) is 59.8 Å². The van der Waals surface area contributed by atoms with E-state index in [0.29, 0.717) is 41.8 Å². The Morgan fingerprint density at radius 3 is 2.65 bits per heavy atom. The van der Waals surface area contributed by atoms with Crippen molar-refractivity contribution < 1.29 is 23.8 Å². The number of aryl methyl sites for hydroxylation is 1. The summed E-state index contributed by atoms with van der Waals surface area (Å²) in [6.45, 7) is 2.67. The number of pyridine rings is 1. The zero-order chi connectivity index (χ0) is 24.7. The number of hydrogen-bond acceptors (Lipinski definition) is 5. The number of unbranched alkanes of at least 4 members (excludes halogenated alkanes) is 1. The van der Waals surface area contributed by atoms with Crippen molar-refractivity contribution in [2.75, 3.05) is 6.61 Å². The Kier molecular flexibility index (Phi) is 8.50. The molecule has 7 nitrogen and oxygen atoms in total. The third kappa shape index (κ3) is 6.27. The molecule has 0 unspecified atom stereocenters. The van der Waals surface area contributed by atoms with Gasteiger partial charge in [-0.05, 0) is 48.9 Å². The Bertz CT molecular complexity index is 1210. The summed E-state index contributed by atoms with van der Waals surface area (Å²) in [6.07, 6.45) is 3.65. The smallest absolute Gasteiger partial charge is 0.303 e. The van der Waals surface area contributed by atoms with Crippen LogP contribution in [0.25, 0.3) is 11.0 Å². The van der Waals surface area contributed by atoms with Gasteiger partial charge in [-0.1, -0.05) is 19.1 Å². The average molecular weight is 466 g/mol. The summed E-state index contributed by atoms with van der Waals surface area (Å²) in [5.41, 5.74) is 3.23. The van der Waals surface area contributed by atoms with E-state index in [1.54, 1.807) is 25.1 Å². The van der Waals surface area contributed by atoms with Gasteiger partial charge in [0.25, 0.3) is 0 Å². The molecular weight excluding hydrogens is 437 g/mol. The van der Waals surface area contributed by atoms with Crippen LogP contribution in [0.15, 0.2) is 36.5 Å². The van der Waals surface area contributed by atoms with Crippen LogP contribution in [0.5, 0.6) is 0 Å². The highest BCUT2D eigenvalue weighted by molar-refractivity contribution is 6.09. The second-order valence-corrected chi connectivity index (χ2v) is 8.55. The summed E-state index contributed by atoms with van der Waals surface area (Å²) in [6, 6.07) is 9.93. The van der Waals surface area contributed by atoms with Crippen LogP contribution in [0.4, 0.5) is 4.39 Å². The number of halogens is 1. The molecule has 1 atom stereocenters. The van der Waals surface area contributed by atoms with E-state index in [1.165, 1.54) is 18.3 Å². The molecule has 2 aromatic heterocycles. The number of benzene rings is 1. The van der Waals surface area contributed by atoms with Crippen LogP contribution in [0, 0.1) is 23.1 Å². The standard InChI is InChI=1S/C26H28FN3O4/c1-17(12-24(32)33)11-23(31)25-21-13-19(14-28)15-29-26(21)30(2)22(25)5-3-4-10-34-16-18-6-8-20(27)9-7-18/h6-9,13,15,17H,3-5,10-12,16H2,1-2H3,(H,32,33)/t17-/m1/s1. The molecule has 34 heavy (non-hydrogen) atoms. The van der Waals surface area contributed by atoms with Crippen molar-refractivity contribution in [1.82, 2.24) is 9.55 Å². The maximum Gasteiger partial charge on any atom is 0.303 e. The molecule has 1 aromatic carbocycles. The van der Waals surface area contributed by atoms with E-state index < -0.39 is 5.97 Å². The molecule has 8 heteroatoms. The summed E-state index contributed by atoms with van der Waals surface area (Å²) in [5, 5.41) is 19.0. The zero-order valence-corrected chi connectivity index (χ0v) is 19.4. The molecule has 0 radical (unpaired) electrons. The van der Waals surface area contributed by atoms with Crippen LogP contribution in [0.3, 0.4) is 0 Å². The number of carboxylic acid groups (broad SMARTS) is 1. The largest absolute Gasteiger partial charge is 0.481 e.